The Balaban J connectivity index is 1.23. The molecule has 0 aromatic heterocycles. The quantitative estimate of drug-likeness (QED) is 0.288. The van der Waals surface area contributed by atoms with Crippen molar-refractivity contribution >= 4 is 12.0 Å². The van der Waals surface area contributed by atoms with E-state index in [2.05, 4.69) is 47.5 Å². The van der Waals surface area contributed by atoms with Gasteiger partial charge in [-0.2, -0.15) is 26.3 Å². The van der Waals surface area contributed by atoms with E-state index in [0.717, 1.165) is 19.5 Å². The van der Waals surface area contributed by atoms with E-state index >= 15 is 0 Å². The predicted octanol–water partition coefficient (Wildman–Crippen LogP) is 8.28. The lowest BCUT2D eigenvalue weighted by Gasteiger charge is -2.46. The summed E-state index contributed by atoms with van der Waals surface area (Å²) in [5, 5.41) is 2.64. The van der Waals surface area contributed by atoms with Gasteiger partial charge in [0, 0.05) is 24.5 Å². The molecule has 1 amide bonds. The Hall–Kier alpha value is -3.66. The van der Waals surface area contributed by atoms with Crippen LogP contribution in [0.1, 0.15) is 66.0 Å². The number of alkyl halides is 6. The molecule has 238 valence electrons. The number of amides is 1. The molecule has 1 saturated carbocycles. The molecule has 1 heterocycles. The van der Waals surface area contributed by atoms with E-state index in [1.807, 2.05) is 6.07 Å². The van der Waals surface area contributed by atoms with E-state index in [9.17, 15) is 35.5 Å². The molecule has 3 aliphatic rings. The van der Waals surface area contributed by atoms with Crippen molar-refractivity contribution in [2.45, 2.75) is 68.4 Å². The topological polar surface area (TPSA) is 32.3 Å². The summed E-state index contributed by atoms with van der Waals surface area (Å²) in [6, 6.07) is 15.3. The minimum atomic E-state index is -4.99. The van der Waals surface area contributed by atoms with Gasteiger partial charge in [0.15, 0.2) is 0 Å². The van der Waals surface area contributed by atoms with Gasteiger partial charge in [-0.25, -0.2) is 4.39 Å². The van der Waals surface area contributed by atoms with Crippen LogP contribution in [-0.4, -0.2) is 29.9 Å². The molecule has 3 nitrogen and oxygen atoms in total. The van der Waals surface area contributed by atoms with Gasteiger partial charge in [-0.05, 0) is 90.7 Å². The molecule has 45 heavy (non-hydrogen) atoms. The van der Waals surface area contributed by atoms with Crippen molar-refractivity contribution in [1.29, 1.82) is 0 Å². The number of likely N-dealkylation sites (tertiary alicyclic amines) is 1. The van der Waals surface area contributed by atoms with Gasteiger partial charge in [-0.3, -0.25) is 9.69 Å². The molecule has 10 heteroatoms. The number of fused-ring (bicyclic) bond motifs is 2. The van der Waals surface area contributed by atoms with E-state index in [-0.39, 0.29) is 23.1 Å². The Bertz CT molecular complexity index is 1580. The number of benzene rings is 3. The molecule has 1 spiro atoms. The molecule has 3 aromatic rings. The van der Waals surface area contributed by atoms with Crippen molar-refractivity contribution in [3.8, 4) is 0 Å². The van der Waals surface area contributed by atoms with E-state index in [1.54, 1.807) is 0 Å². The third-order valence-electron chi connectivity index (χ3n) is 10.2. The van der Waals surface area contributed by atoms with Crippen LogP contribution >= 0.6 is 0 Å². The highest BCUT2D eigenvalue weighted by molar-refractivity contribution is 5.88. The zero-order valence-electron chi connectivity index (χ0n) is 24.6. The normalized spacial score (nSPS) is 26.8. The third kappa shape index (κ3) is 5.77. The van der Waals surface area contributed by atoms with Gasteiger partial charge in [-0.1, -0.05) is 55.5 Å². The highest BCUT2D eigenvalue weighted by Gasteiger charge is 2.51. The molecule has 2 fully saturated rings. The van der Waals surface area contributed by atoms with Crippen molar-refractivity contribution < 1.29 is 35.5 Å². The molecule has 4 atom stereocenters. The first-order valence-corrected chi connectivity index (χ1v) is 15.1. The van der Waals surface area contributed by atoms with Crippen LogP contribution in [0, 0.1) is 11.7 Å². The zero-order valence-corrected chi connectivity index (χ0v) is 24.6. The zero-order chi connectivity index (χ0) is 32.2. The molecule has 3 aromatic carbocycles. The summed E-state index contributed by atoms with van der Waals surface area (Å²) in [6.45, 7) is 3.32. The van der Waals surface area contributed by atoms with Gasteiger partial charge >= 0.3 is 12.4 Å². The van der Waals surface area contributed by atoms with Crippen LogP contribution < -0.4 is 5.32 Å². The maximum atomic E-state index is 13.9. The second-order valence-corrected chi connectivity index (χ2v) is 12.7. The number of carbonyl (C=O) groups is 1. The molecule has 2 aliphatic carbocycles. The van der Waals surface area contributed by atoms with Gasteiger partial charge in [0.05, 0.1) is 16.5 Å². The van der Waals surface area contributed by atoms with Crippen LogP contribution in [0.2, 0.25) is 0 Å². The number of nitrogens with zero attached hydrogens (tertiary/aromatic N) is 1. The highest BCUT2D eigenvalue weighted by atomic mass is 19.4. The molecule has 1 N–H and O–H groups in total. The summed E-state index contributed by atoms with van der Waals surface area (Å²) in [6.07, 6.45) is -3.12. The predicted molar refractivity (Wildman–Crippen MR) is 157 cm³/mol. The fourth-order valence-corrected chi connectivity index (χ4v) is 7.73. The van der Waals surface area contributed by atoms with E-state index in [0.29, 0.717) is 42.9 Å². The van der Waals surface area contributed by atoms with Crippen molar-refractivity contribution in [1.82, 2.24) is 10.2 Å². The Morgan fingerprint density at radius 1 is 0.933 bits per heavy atom. The Morgan fingerprint density at radius 2 is 1.60 bits per heavy atom. The average Bonchev–Trinajstić information content (AvgIpc) is 3.61. The lowest BCUT2D eigenvalue weighted by Crippen LogP contribution is -2.51. The smallest absolute Gasteiger partial charge is 0.351 e. The number of halogens is 7. The number of allylic oxidation sites excluding steroid dienone is 1. The second kappa shape index (κ2) is 11.3. The fourth-order valence-electron chi connectivity index (χ4n) is 7.73. The van der Waals surface area contributed by atoms with Gasteiger partial charge in [-0.15, -0.1) is 0 Å². The van der Waals surface area contributed by atoms with Gasteiger partial charge in [0.1, 0.15) is 5.82 Å². The molecule has 2 unspecified atom stereocenters. The van der Waals surface area contributed by atoms with Gasteiger partial charge in [0.25, 0.3) is 0 Å². The van der Waals surface area contributed by atoms with Crippen molar-refractivity contribution in [3.63, 3.8) is 0 Å². The summed E-state index contributed by atoms with van der Waals surface area (Å²) >= 11 is 0. The van der Waals surface area contributed by atoms with Gasteiger partial charge < -0.3 is 5.32 Å². The molecule has 0 radical (unpaired) electrons. The first-order valence-electron chi connectivity index (χ1n) is 15.1. The second-order valence-electron chi connectivity index (χ2n) is 12.7. The molecule has 0 bridgehead atoms. The molecule has 1 saturated heterocycles. The van der Waals surface area contributed by atoms with E-state index in [1.165, 1.54) is 35.4 Å². The average molecular weight is 631 g/mol. The number of nitrogens with one attached hydrogen (secondary N) is 1. The Kier molecular flexibility index (Phi) is 7.86. The number of hydrogen-bond donors (Lipinski definition) is 1. The molecule has 1 aliphatic heterocycles. The highest BCUT2D eigenvalue weighted by Crippen LogP contribution is 2.50. The summed E-state index contributed by atoms with van der Waals surface area (Å²) in [5.41, 5.74) is -1.24. The lowest BCUT2D eigenvalue weighted by molar-refractivity contribution is -0.143. The molecular formula is C35H33F7N2O. The maximum Gasteiger partial charge on any atom is 0.416 e. The molecular weight excluding hydrogens is 597 g/mol. The molecule has 6 rings (SSSR count). The third-order valence-corrected chi connectivity index (χ3v) is 10.2. The summed E-state index contributed by atoms with van der Waals surface area (Å²) < 4.78 is 94.4. The fraction of sp³-hybridized carbons (Fsp3) is 0.400. The monoisotopic (exact) mass is 630 g/mol. The summed E-state index contributed by atoms with van der Waals surface area (Å²) in [4.78, 5) is 16.3. The van der Waals surface area contributed by atoms with Crippen molar-refractivity contribution in [2.75, 3.05) is 13.1 Å². The van der Waals surface area contributed by atoms with Crippen LogP contribution in [0.25, 0.3) is 6.08 Å². The van der Waals surface area contributed by atoms with E-state index < -0.39 is 47.2 Å². The number of carbonyl (C=O) groups excluding carboxylic acids is 1. The van der Waals surface area contributed by atoms with Crippen LogP contribution in [-0.2, 0) is 34.5 Å². The maximum absolute atomic E-state index is 13.9. The minimum Gasteiger partial charge on any atom is -0.351 e. The lowest BCUT2D eigenvalue weighted by atomic mass is 9.67. The Morgan fingerprint density at radius 3 is 2.24 bits per heavy atom. The number of piperidine rings is 1. The Labute approximate surface area is 257 Å². The summed E-state index contributed by atoms with van der Waals surface area (Å²) in [7, 11) is 0. The number of hydrogen-bond acceptors (Lipinski definition) is 2. The first kappa shape index (κ1) is 31.3. The largest absolute Gasteiger partial charge is 0.416 e. The SMILES string of the molecule is C[C@H]1CN(C2CCC(C(=O)NCc3cc(C(F)(F)F)cc(C(F)(F)F)c3)(c3ccc(F)cc3)C2)CC[C@@]12C=Cc1ccccc12. The standard InChI is InChI=1S/C35H33F7N2O/c1-22-21-44(15-14-32(22)12-10-24-4-2-3-5-30(24)32)29-11-13-33(19-29,25-6-8-28(36)9-7-25)31(45)43-20-23-16-26(34(37,38)39)18-27(17-23)35(40,41)42/h2-10,12,16-18,22,29H,11,13-15,19-21H2,1H3,(H,43,45)/t22-,29?,32-,33?/m0/s1. The first-order chi connectivity index (χ1) is 21.2. The van der Waals surface area contributed by atoms with Crippen molar-refractivity contribution in [2.24, 2.45) is 5.92 Å². The summed E-state index contributed by atoms with van der Waals surface area (Å²) in [5.74, 6) is -0.686. The van der Waals surface area contributed by atoms with Crippen LogP contribution in [0.5, 0.6) is 0 Å². The van der Waals surface area contributed by atoms with Crippen LogP contribution in [0.4, 0.5) is 30.7 Å². The van der Waals surface area contributed by atoms with E-state index in [4.69, 9.17) is 0 Å². The van der Waals surface area contributed by atoms with Gasteiger partial charge in [0.2, 0.25) is 5.91 Å². The minimum absolute atomic E-state index is 0.0200. The number of rotatable bonds is 5. The van der Waals surface area contributed by atoms with Crippen LogP contribution in [0.3, 0.4) is 0 Å². The van der Waals surface area contributed by atoms with Crippen molar-refractivity contribution in [3.05, 3.63) is 112 Å². The van der Waals surface area contributed by atoms with Crippen LogP contribution in [0.15, 0.2) is 72.8 Å².